The second-order valence-electron chi connectivity index (χ2n) is 7.61. The highest BCUT2D eigenvalue weighted by atomic mass is 16.4. The van der Waals surface area contributed by atoms with Gasteiger partial charge < -0.3 is 5.21 Å². The van der Waals surface area contributed by atoms with E-state index in [2.05, 4.69) is 12.1 Å². The maximum atomic E-state index is 9.18. The molecular formula is C24H41NO. The van der Waals surface area contributed by atoms with Crippen LogP contribution in [0.15, 0.2) is 35.5 Å². The van der Waals surface area contributed by atoms with E-state index in [1.165, 1.54) is 89.9 Å². The SMILES string of the molecule is CCCCCCCCCCCCCCCCCC(=NO)c1ccccc1. The quantitative estimate of drug-likeness (QED) is 0.129. The number of hydrogen-bond acceptors (Lipinski definition) is 2. The Labute approximate surface area is 162 Å². The zero-order valence-electron chi connectivity index (χ0n) is 17.1. The first-order valence-electron chi connectivity index (χ1n) is 11.1. The van der Waals surface area contributed by atoms with Gasteiger partial charge in [-0.15, -0.1) is 0 Å². The summed E-state index contributed by atoms with van der Waals surface area (Å²) in [6.07, 6.45) is 21.5. The summed E-state index contributed by atoms with van der Waals surface area (Å²) in [5.74, 6) is 0. The Balaban J connectivity index is 1.85. The second kappa shape index (κ2) is 17.1. The van der Waals surface area contributed by atoms with Gasteiger partial charge in [0.1, 0.15) is 0 Å². The average Bonchev–Trinajstić information content (AvgIpc) is 2.68. The van der Waals surface area contributed by atoms with Gasteiger partial charge in [-0.1, -0.05) is 132 Å². The highest BCUT2D eigenvalue weighted by Gasteiger charge is 2.03. The Kier molecular flexibility index (Phi) is 15.0. The molecule has 1 aromatic carbocycles. The minimum Gasteiger partial charge on any atom is -0.411 e. The van der Waals surface area contributed by atoms with E-state index in [-0.39, 0.29) is 0 Å². The van der Waals surface area contributed by atoms with Gasteiger partial charge in [0.25, 0.3) is 0 Å². The minimum absolute atomic E-state index is 0.820. The van der Waals surface area contributed by atoms with E-state index in [9.17, 15) is 5.21 Å². The average molecular weight is 360 g/mol. The maximum Gasteiger partial charge on any atom is 0.0867 e. The smallest absolute Gasteiger partial charge is 0.0867 e. The van der Waals surface area contributed by atoms with Crippen molar-refractivity contribution in [2.45, 2.75) is 110 Å². The number of unbranched alkanes of at least 4 members (excludes halogenated alkanes) is 14. The van der Waals surface area contributed by atoms with E-state index in [4.69, 9.17) is 0 Å². The van der Waals surface area contributed by atoms with E-state index in [1.54, 1.807) is 0 Å². The molecule has 26 heavy (non-hydrogen) atoms. The lowest BCUT2D eigenvalue weighted by atomic mass is 10.0. The molecule has 0 saturated heterocycles. The molecule has 0 radical (unpaired) electrons. The summed E-state index contributed by atoms with van der Waals surface area (Å²) >= 11 is 0. The van der Waals surface area contributed by atoms with Crippen LogP contribution in [-0.2, 0) is 0 Å². The normalized spacial score (nSPS) is 11.8. The van der Waals surface area contributed by atoms with E-state index >= 15 is 0 Å². The third-order valence-corrected chi connectivity index (χ3v) is 5.24. The molecule has 0 fully saturated rings. The molecule has 0 bridgehead atoms. The van der Waals surface area contributed by atoms with Gasteiger partial charge in [-0.25, -0.2) is 0 Å². The van der Waals surface area contributed by atoms with Crippen molar-refractivity contribution in [1.29, 1.82) is 0 Å². The lowest BCUT2D eigenvalue weighted by molar-refractivity contribution is 0.317. The molecule has 0 amide bonds. The van der Waals surface area contributed by atoms with Crippen LogP contribution in [-0.4, -0.2) is 10.9 Å². The first kappa shape index (κ1) is 22.7. The molecule has 0 aliphatic rings. The Morgan fingerprint density at radius 2 is 1.08 bits per heavy atom. The standard InChI is InChI=1S/C24H41NO/c1-2-3-4-5-6-7-8-9-10-11-12-13-14-15-19-22-24(25-26)23-20-17-16-18-21-23/h16-18,20-21,26H,2-15,19,22H2,1H3. The third kappa shape index (κ3) is 12.1. The van der Waals surface area contributed by atoms with Gasteiger partial charge in [-0.2, -0.15) is 0 Å². The lowest BCUT2D eigenvalue weighted by Crippen LogP contribution is -2.00. The lowest BCUT2D eigenvalue weighted by Gasteiger charge is -2.05. The maximum absolute atomic E-state index is 9.18. The molecule has 0 aromatic heterocycles. The van der Waals surface area contributed by atoms with Crippen molar-refractivity contribution in [1.82, 2.24) is 0 Å². The molecule has 1 rings (SSSR count). The first-order valence-corrected chi connectivity index (χ1v) is 11.1. The molecule has 2 nitrogen and oxygen atoms in total. The van der Waals surface area contributed by atoms with E-state index in [0.29, 0.717) is 0 Å². The van der Waals surface area contributed by atoms with Gasteiger partial charge in [-0.05, 0) is 18.4 Å². The Bertz CT molecular complexity index is 441. The predicted octanol–water partition coefficient (Wildman–Crippen LogP) is 8.13. The molecule has 1 aromatic rings. The number of benzene rings is 1. The van der Waals surface area contributed by atoms with Crippen LogP contribution < -0.4 is 0 Å². The molecule has 0 spiro atoms. The summed E-state index contributed by atoms with van der Waals surface area (Å²) in [6, 6.07) is 10.0. The van der Waals surface area contributed by atoms with Gasteiger partial charge in [0.2, 0.25) is 0 Å². The number of oxime groups is 1. The van der Waals surface area contributed by atoms with Crippen molar-refractivity contribution in [2.24, 2.45) is 5.16 Å². The number of nitrogens with zero attached hydrogens (tertiary/aromatic N) is 1. The fourth-order valence-corrected chi connectivity index (χ4v) is 3.55. The van der Waals surface area contributed by atoms with E-state index in [0.717, 1.165) is 24.1 Å². The summed E-state index contributed by atoms with van der Waals surface area (Å²) in [5.41, 5.74) is 1.86. The van der Waals surface area contributed by atoms with Gasteiger partial charge in [-0.3, -0.25) is 0 Å². The van der Waals surface area contributed by atoms with Gasteiger partial charge in [0.05, 0.1) is 5.71 Å². The summed E-state index contributed by atoms with van der Waals surface area (Å²) in [6.45, 7) is 2.28. The zero-order chi connectivity index (χ0) is 18.7. The van der Waals surface area contributed by atoms with Crippen LogP contribution in [0.1, 0.15) is 115 Å². The van der Waals surface area contributed by atoms with Crippen molar-refractivity contribution >= 4 is 5.71 Å². The van der Waals surface area contributed by atoms with E-state index < -0.39 is 0 Å². The summed E-state index contributed by atoms with van der Waals surface area (Å²) in [7, 11) is 0. The van der Waals surface area contributed by atoms with Crippen LogP contribution in [0.5, 0.6) is 0 Å². The zero-order valence-corrected chi connectivity index (χ0v) is 17.1. The van der Waals surface area contributed by atoms with Gasteiger partial charge >= 0.3 is 0 Å². The number of hydrogen-bond donors (Lipinski definition) is 1. The molecule has 2 heteroatoms. The summed E-state index contributed by atoms with van der Waals surface area (Å²) < 4.78 is 0. The molecule has 0 saturated carbocycles. The highest BCUT2D eigenvalue weighted by Crippen LogP contribution is 2.14. The molecule has 0 aliphatic carbocycles. The molecule has 0 unspecified atom stereocenters. The monoisotopic (exact) mass is 359 g/mol. The molecule has 1 N–H and O–H groups in total. The van der Waals surface area contributed by atoms with Crippen LogP contribution >= 0.6 is 0 Å². The fraction of sp³-hybridized carbons (Fsp3) is 0.708. The minimum atomic E-state index is 0.820. The van der Waals surface area contributed by atoms with E-state index in [1.807, 2.05) is 30.3 Å². The molecule has 0 heterocycles. The highest BCUT2D eigenvalue weighted by molar-refractivity contribution is 6.00. The van der Waals surface area contributed by atoms with Gasteiger partial charge in [0, 0.05) is 0 Å². The van der Waals surface area contributed by atoms with Gasteiger partial charge in [0.15, 0.2) is 0 Å². The second-order valence-corrected chi connectivity index (χ2v) is 7.61. The van der Waals surface area contributed by atoms with Crippen LogP contribution in [0.3, 0.4) is 0 Å². The van der Waals surface area contributed by atoms with Crippen LogP contribution in [0.2, 0.25) is 0 Å². The molecular weight excluding hydrogens is 318 g/mol. The Morgan fingerprint density at radius 3 is 1.50 bits per heavy atom. The van der Waals surface area contributed by atoms with Crippen LogP contribution in [0.25, 0.3) is 0 Å². The first-order chi connectivity index (χ1) is 12.9. The summed E-state index contributed by atoms with van der Waals surface area (Å²) in [4.78, 5) is 0. The van der Waals surface area contributed by atoms with Crippen molar-refractivity contribution in [3.8, 4) is 0 Å². The van der Waals surface area contributed by atoms with Crippen LogP contribution in [0.4, 0.5) is 0 Å². The van der Waals surface area contributed by atoms with Crippen LogP contribution in [0, 0.1) is 0 Å². The predicted molar refractivity (Wildman–Crippen MR) is 114 cm³/mol. The topological polar surface area (TPSA) is 32.6 Å². The van der Waals surface area contributed by atoms with Crippen molar-refractivity contribution in [3.63, 3.8) is 0 Å². The number of rotatable bonds is 17. The molecule has 0 atom stereocenters. The fourth-order valence-electron chi connectivity index (χ4n) is 3.55. The Morgan fingerprint density at radius 1 is 0.654 bits per heavy atom. The van der Waals surface area contributed by atoms with Crippen molar-refractivity contribution in [2.75, 3.05) is 0 Å². The third-order valence-electron chi connectivity index (χ3n) is 5.24. The largest absolute Gasteiger partial charge is 0.411 e. The molecule has 0 aliphatic heterocycles. The summed E-state index contributed by atoms with van der Waals surface area (Å²) in [5, 5.41) is 12.7. The van der Waals surface area contributed by atoms with Crippen molar-refractivity contribution < 1.29 is 5.21 Å². The molecule has 148 valence electrons. The Hall–Kier alpha value is -1.31. The van der Waals surface area contributed by atoms with Crippen molar-refractivity contribution in [3.05, 3.63) is 35.9 Å².